The second kappa shape index (κ2) is 5.05. The lowest BCUT2D eigenvalue weighted by Gasteiger charge is -2.04. The number of rotatable bonds is 1. The summed E-state index contributed by atoms with van der Waals surface area (Å²) in [5.74, 6) is 5.77. The third-order valence-electron chi connectivity index (χ3n) is 2.31. The number of hydrogen-bond acceptors (Lipinski definition) is 3. The molecule has 0 amide bonds. The van der Waals surface area contributed by atoms with Crippen molar-refractivity contribution in [3.8, 4) is 17.6 Å². The van der Waals surface area contributed by atoms with E-state index in [2.05, 4.69) is 16.8 Å². The van der Waals surface area contributed by atoms with Crippen molar-refractivity contribution in [3.63, 3.8) is 0 Å². The Morgan fingerprint density at radius 3 is 3.06 bits per heavy atom. The third kappa shape index (κ3) is 2.33. The fourth-order valence-corrected chi connectivity index (χ4v) is 1.77. The van der Waals surface area contributed by atoms with E-state index in [1.807, 2.05) is 6.07 Å². The van der Waals surface area contributed by atoms with E-state index in [1.54, 1.807) is 18.3 Å². The summed E-state index contributed by atoms with van der Waals surface area (Å²) in [5.41, 5.74) is 6.30. The molecule has 17 heavy (non-hydrogen) atoms. The van der Waals surface area contributed by atoms with E-state index in [4.69, 9.17) is 17.3 Å². The molecule has 0 fully saturated rings. The maximum absolute atomic E-state index is 10.0. The number of benzene rings is 1. The highest BCUT2D eigenvalue weighted by Crippen LogP contribution is 2.32. The third-order valence-corrected chi connectivity index (χ3v) is 2.62. The first-order valence-corrected chi connectivity index (χ1v) is 5.57. The van der Waals surface area contributed by atoms with E-state index >= 15 is 0 Å². The molecule has 1 heterocycles. The predicted molar refractivity (Wildman–Crippen MR) is 69.0 cm³/mol. The van der Waals surface area contributed by atoms with Gasteiger partial charge in [-0.2, -0.15) is 0 Å². The van der Waals surface area contributed by atoms with Gasteiger partial charge in [-0.05, 0) is 18.2 Å². The molecule has 3 N–H and O–H groups in total. The molecule has 0 aliphatic heterocycles. The van der Waals surface area contributed by atoms with E-state index in [9.17, 15) is 5.11 Å². The predicted octanol–water partition coefficient (Wildman–Crippen LogP) is 2.29. The molecular weight excluding hydrogens is 236 g/mol. The standard InChI is InChI=1S/C13H11ClN2O/c14-11-8-9(4-1-2-6-15)13(17)12-10(11)5-3-7-16-12/h3,5,7-8,17H,2,6,15H2. The second-order valence-corrected chi connectivity index (χ2v) is 3.90. The Bertz CT molecular complexity index is 614. The Morgan fingerprint density at radius 1 is 1.47 bits per heavy atom. The van der Waals surface area contributed by atoms with Crippen molar-refractivity contribution in [2.24, 2.45) is 5.73 Å². The van der Waals surface area contributed by atoms with Gasteiger partial charge in [0.05, 0.1) is 10.6 Å². The highest BCUT2D eigenvalue weighted by atomic mass is 35.5. The zero-order valence-electron chi connectivity index (χ0n) is 9.07. The quantitative estimate of drug-likeness (QED) is 0.759. The molecule has 2 rings (SSSR count). The van der Waals surface area contributed by atoms with Crippen molar-refractivity contribution in [1.29, 1.82) is 0 Å². The first-order valence-electron chi connectivity index (χ1n) is 5.19. The summed E-state index contributed by atoms with van der Waals surface area (Å²) >= 11 is 6.10. The van der Waals surface area contributed by atoms with Gasteiger partial charge in [0.15, 0.2) is 5.75 Å². The second-order valence-electron chi connectivity index (χ2n) is 3.49. The number of halogens is 1. The Balaban J connectivity index is 2.60. The summed E-state index contributed by atoms with van der Waals surface area (Å²) in [6.07, 6.45) is 2.19. The van der Waals surface area contributed by atoms with Crippen LogP contribution in [0.3, 0.4) is 0 Å². The Hall–Kier alpha value is -1.76. The first kappa shape index (κ1) is 11.7. The van der Waals surface area contributed by atoms with Crippen molar-refractivity contribution in [3.05, 3.63) is 35.0 Å². The minimum atomic E-state index is 0.0644. The van der Waals surface area contributed by atoms with Gasteiger partial charge in [-0.3, -0.25) is 4.98 Å². The van der Waals surface area contributed by atoms with Crippen LogP contribution in [0, 0.1) is 11.8 Å². The molecule has 1 aromatic carbocycles. The Morgan fingerprint density at radius 2 is 2.29 bits per heavy atom. The monoisotopic (exact) mass is 246 g/mol. The number of aromatic nitrogens is 1. The first-order chi connectivity index (χ1) is 8.24. The summed E-state index contributed by atoms with van der Waals surface area (Å²) in [7, 11) is 0. The Labute approximate surface area is 104 Å². The molecule has 0 atom stereocenters. The number of phenols is 1. The van der Waals surface area contributed by atoms with Crippen LogP contribution in [0.5, 0.6) is 5.75 Å². The summed E-state index contributed by atoms with van der Waals surface area (Å²) in [6, 6.07) is 5.22. The fraction of sp³-hybridized carbons (Fsp3) is 0.154. The van der Waals surface area contributed by atoms with Crippen LogP contribution in [0.25, 0.3) is 10.9 Å². The molecule has 0 aliphatic rings. The summed E-state index contributed by atoms with van der Waals surface area (Å²) in [5, 5.41) is 11.3. The largest absolute Gasteiger partial charge is 0.504 e. The SMILES string of the molecule is NCCC#Cc1cc(Cl)c2cccnc2c1O. The zero-order valence-corrected chi connectivity index (χ0v) is 9.83. The fourth-order valence-electron chi connectivity index (χ4n) is 1.51. The van der Waals surface area contributed by atoms with Crippen molar-refractivity contribution < 1.29 is 5.11 Å². The minimum Gasteiger partial charge on any atom is -0.504 e. The van der Waals surface area contributed by atoms with E-state index in [0.29, 0.717) is 29.1 Å². The Kier molecular flexibility index (Phi) is 3.48. The van der Waals surface area contributed by atoms with Gasteiger partial charge in [0.1, 0.15) is 5.52 Å². The van der Waals surface area contributed by atoms with Crippen LogP contribution in [0.2, 0.25) is 5.02 Å². The molecule has 1 aromatic heterocycles. The van der Waals surface area contributed by atoms with E-state index in [0.717, 1.165) is 5.39 Å². The van der Waals surface area contributed by atoms with Crippen molar-refractivity contribution in [2.45, 2.75) is 6.42 Å². The van der Waals surface area contributed by atoms with Gasteiger partial charge in [-0.1, -0.05) is 23.4 Å². The molecule has 0 saturated carbocycles. The van der Waals surface area contributed by atoms with Crippen molar-refractivity contribution >= 4 is 22.5 Å². The average Bonchev–Trinajstić information content (AvgIpc) is 2.36. The van der Waals surface area contributed by atoms with Crippen molar-refractivity contribution in [1.82, 2.24) is 4.98 Å². The molecule has 0 aliphatic carbocycles. The maximum atomic E-state index is 10.0. The van der Waals surface area contributed by atoms with E-state index in [1.165, 1.54) is 0 Å². The molecule has 3 nitrogen and oxygen atoms in total. The van der Waals surface area contributed by atoms with Crippen LogP contribution in [0.15, 0.2) is 24.4 Å². The number of hydrogen-bond donors (Lipinski definition) is 2. The van der Waals surface area contributed by atoms with Gasteiger partial charge in [0, 0.05) is 24.5 Å². The van der Waals surface area contributed by atoms with Crippen LogP contribution in [0.1, 0.15) is 12.0 Å². The molecule has 0 bridgehead atoms. The summed E-state index contributed by atoms with van der Waals surface area (Å²) in [6.45, 7) is 0.493. The van der Waals surface area contributed by atoms with Gasteiger partial charge in [-0.25, -0.2) is 0 Å². The number of pyridine rings is 1. The van der Waals surface area contributed by atoms with E-state index < -0.39 is 0 Å². The molecule has 86 valence electrons. The molecule has 0 saturated heterocycles. The molecular formula is C13H11ClN2O. The van der Waals surface area contributed by atoms with Crippen LogP contribution in [-0.4, -0.2) is 16.6 Å². The van der Waals surface area contributed by atoms with Crippen LogP contribution in [0.4, 0.5) is 0 Å². The lowest BCUT2D eigenvalue weighted by molar-refractivity contribution is 0.479. The highest BCUT2D eigenvalue weighted by molar-refractivity contribution is 6.35. The molecule has 0 radical (unpaired) electrons. The average molecular weight is 247 g/mol. The van der Waals surface area contributed by atoms with Gasteiger partial charge < -0.3 is 10.8 Å². The smallest absolute Gasteiger partial charge is 0.157 e. The topological polar surface area (TPSA) is 59.1 Å². The summed E-state index contributed by atoms with van der Waals surface area (Å²) < 4.78 is 0. The number of fused-ring (bicyclic) bond motifs is 1. The lowest BCUT2D eigenvalue weighted by atomic mass is 10.1. The normalized spacial score (nSPS) is 10.0. The summed E-state index contributed by atoms with van der Waals surface area (Å²) in [4.78, 5) is 4.10. The van der Waals surface area contributed by atoms with Crippen LogP contribution in [-0.2, 0) is 0 Å². The number of aromatic hydroxyl groups is 1. The minimum absolute atomic E-state index is 0.0644. The zero-order chi connectivity index (χ0) is 12.3. The van der Waals surface area contributed by atoms with Gasteiger partial charge >= 0.3 is 0 Å². The van der Waals surface area contributed by atoms with Crippen LogP contribution >= 0.6 is 11.6 Å². The molecule has 0 unspecified atom stereocenters. The molecule has 4 heteroatoms. The van der Waals surface area contributed by atoms with Gasteiger partial charge in [0.25, 0.3) is 0 Å². The van der Waals surface area contributed by atoms with Crippen LogP contribution < -0.4 is 5.73 Å². The van der Waals surface area contributed by atoms with Crippen molar-refractivity contribution in [2.75, 3.05) is 6.54 Å². The van der Waals surface area contributed by atoms with Gasteiger partial charge in [0.2, 0.25) is 0 Å². The lowest BCUT2D eigenvalue weighted by Crippen LogP contribution is -1.95. The number of nitrogens with two attached hydrogens (primary N) is 1. The maximum Gasteiger partial charge on any atom is 0.157 e. The van der Waals surface area contributed by atoms with Gasteiger partial charge in [-0.15, -0.1) is 0 Å². The number of nitrogens with zero attached hydrogens (tertiary/aromatic N) is 1. The number of phenolic OH excluding ortho intramolecular Hbond substituents is 1. The highest BCUT2D eigenvalue weighted by Gasteiger charge is 2.09. The van der Waals surface area contributed by atoms with E-state index in [-0.39, 0.29) is 5.75 Å². The molecule has 2 aromatic rings. The molecule has 0 spiro atoms.